The molecular formula is C15H25NO2S. The normalized spacial score (nSPS) is 12.9. The van der Waals surface area contributed by atoms with Gasteiger partial charge in [0.2, 0.25) is 10.0 Å². The van der Waals surface area contributed by atoms with Crippen LogP contribution in [-0.4, -0.2) is 15.0 Å². The molecule has 0 radical (unpaired) electrons. The Balaban J connectivity index is 2.73. The van der Waals surface area contributed by atoms with E-state index in [1.165, 1.54) is 0 Å². The quantitative estimate of drug-likeness (QED) is 0.870. The fourth-order valence-corrected chi connectivity index (χ4v) is 3.51. The van der Waals surface area contributed by atoms with Crippen LogP contribution < -0.4 is 4.72 Å². The second kappa shape index (κ2) is 6.06. The molecule has 108 valence electrons. The topological polar surface area (TPSA) is 46.2 Å². The first-order valence-corrected chi connectivity index (χ1v) is 8.17. The Labute approximate surface area is 117 Å². The minimum atomic E-state index is -3.40. The van der Waals surface area contributed by atoms with Crippen LogP contribution in [0.15, 0.2) is 29.2 Å². The largest absolute Gasteiger partial charge is 0.240 e. The van der Waals surface area contributed by atoms with Crippen LogP contribution in [0.4, 0.5) is 0 Å². The summed E-state index contributed by atoms with van der Waals surface area (Å²) < 4.78 is 27.0. The third-order valence-electron chi connectivity index (χ3n) is 3.03. The van der Waals surface area contributed by atoms with E-state index in [1.54, 1.807) is 12.1 Å². The third-order valence-corrected chi connectivity index (χ3v) is 4.45. The highest BCUT2D eigenvalue weighted by Crippen LogP contribution is 2.24. The number of sulfonamides is 1. The molecular weight excluding hydrogens is 258 g/mol. The summed E-state index contributed by atoms with van der Waals surface area (Å²) in [5, 5.41) is 0. The van der Waals surface area contributed by atoms with E-state index >= 15 is 0 Å². The van der Waals surface area contributed by atoms with Crippen molar-refractivity contribution in [3.8, 4) is 0 Å². The van der Waals surface area contributed by atoms with Crippen LogP contribution in [0.3, 0.4) is 0 Å². The van der Waals surface area contributed by atoms with Crippen LogP contribution >= 0.6 is 0 Å². The van der Waals surface area contributed by atoms with Gasteiger partial charge in [-0.05, 0) is 36.8 Å². The Hall–Kier alpha value is -0.870. The molecule has 3 nitrogen and oxygen atoms in total. The summed E-state index contributed by atoms with van der Waals surface area (Å²) in [6.45, 7) is 10.9. The fraction of sp³-hybridized carbons (Fsp3) is 0.600. The minimum absolute atomic E-state index is 0.0358. The van der Waals surface area contributed by atoms with E-state index < -0.39 is 10.0 Å². The van der Waals surface area contributed by atoms with E-state index in [4.69, 9.17) is 0 Å². The highest BCUT2D eigenvalue weighted by molar-refractivity contribution is 7.89. The lowest BCUT2D eigenvalue weighted by Crippen LogP contribution is -2.34. The first-order chi connectivity index (χ1) is 8.62. The molecule has 0 atom stereocenters. The van der Waals surface area contributed by atoms with Crippen molar-refractivity contribution >= 4 is 10.0 Å². The van der Waals surface area contributed by atoms with Crippen molar-refractivity contribution in [1.82, 2.24) is 4.72 Å². The summed E-state index contributed by atoms with van der Waals surface area (Å²) in [5.41, 5.74) is 1.02. The van der Waals surface area contributed by atoms with Gasteiger partial charge in [0.1, 0.15) is 0 Å². The van der Waals surface area contributed by atoms with Crippen molar-refractivity contribution in [1.29, 1.82) is 0 Å². The maximum atomic E-state index is 12.2. The number of aryl methyl sites for hydroxylation is 1. The van der Waals surface area contributed by atoms with Crippen molar-refractivity contribution in [2.45, 2.75) is 45.9 Å². The van der Waals surface area contributed by atoms with Crippen LogP contribution in [0.1, 0.15) is 39.7 Å². The molecule has 0 saturated carbocycles. The molecule has 0 aliphatic heterocycles. The summed E-state index contributed by atoms with van der Waals surface area (Å²) in [6.07, 6.45) is 0.990. The van der Waals surface area contributed by atoms with Crippen molar-refractivity contribution in [2.75, 3.05) is 6.54 Å². The molecule has 1 rings (SSSR count). The Morgan fingerprint density at radius 3 is 2.16 bits per heavy atom. The van der Waals surface area contributed by atoms with Gasteiger partial charge < -0.3 is 0 Å². The molecule has 4 heteroatoms. The van der Waals surface area contributed by atoms with Gasteiger partial charge in [-0.2, -0.15) is 0 Å². The molecule has 0 heterocycles. The second-order valence-corrected chi connectivity index (χ2v) is 8.17. The summed E-state index contributed by atoms with van der Waals surface area (Å²) in [5.74, 6) is 0.555. The zero-order chi connectivity index (χ0) is 14.7. The van der Waals surface area contributed by atoms with Gasteiger partial charge in [0.15, 0.2) is 0 Å². The molecule has 0 spiro atoms. The van der Waals surface area contributed by atoms with Gasteiger partial charge in [0, 0.05) is 6.54 Å². The standard InChI is InChI=1S/C15H25NO2S/c1-12(2)10-15(4,5)11-16-19(17,18)14-8-6-13(3)7-9-14/h6-9,12,16H,10-11H2,1-5H3. The molecule has 1 aromatic carbocycles. The smallest absolute Gasteiger partial charge is 0.211 e. The molecule has 0 bridgehead atoms. The predicted molar refractivity (Wildman–Crippen MR) is 79.6 cm³/mol. The van der Waals surface area contributed by atoms with Crippen molar-refractivity contribution < 1.29 is 8.42 Å². The Morgan fingerprint density at radius 2 is 1.68 bits per heavy atom. The molecule has 0 saturated heterocycles. The Kier molecular flexibility index (Phi) is 5.16. The SMILES string of the molecule is Cc1ccc(S(=O)(=O)NCC(C)(C)CC(C)C)cc1. The number of nitrogens with one attached hydrogen (secondary N) is 1. The molecule has 1 aromatic rings. The van der Waals surface area contributed by atoms with E-state index in [-0.39, 0.29) is 5.41 Å². The lowest BCUT2D eigenvalue weighted by molar-refractivity contribution is 0.288. The number of benzene rings is 1. The number of rotatable bonds is 6. The second-order valence-electron chi connectivity index (χ2n) is 6.40. The van der Waals surface area contributed by atoms with Crippen molar-refractivity contribution in [3.05, 3.63) is 29.8 Å². The van der Waals surface area contributed by atoms with E-state index in [9.17, 15) is 8.42 Å². The third kappa shape index (κ3) is 5.33. The van der Waals surface area contributed by atoms with Crippen molar-refractivity contribution in [2.24, 2.45) is 11.3 Å². The maximum absolute atomic E-state index is 12.2. The highest BCUT2D eigenvalue weighted by Gasteiger charge is 2.23. The zero-order valence-corrected chi connectivity index (χ0v) is 13.3. The molecule has 0 aromatic heterocycles. The van der Waals surface area contributed by atoms with E-state index in [0.29, 0.717) is 17.4 Å². The molecule has 0 aliphatic carbocycles. The molecule has 0 amide bonds. The van der Waals surface area contributed by atoms with E-state index in [1.807, 2.05) is 19.1 Å². The first-order valence-electron chi connectivity index (χ1n) is 6.69. The molecule has 19 heavy (non-hydrogen) atoms. The Bertz CT molecular complexity index is 501. The van der Waals surface area contributed by atoms with Crippen LogP contribution in [0, 0.1) is 18.3 Å². The molecule has 1 N–H and O–H groups in total. The average Bonchev–Trinajstić information content (AvgIpc) is 2.26. The van der Waals surface area contributed by atoms with Gasteiger partial charge >= 0.3 is 0 Å². The van der Waals surface area contributed by atoms with Gasteiger partial charge in [-0.15, -0.1) is 0 Å². The number of hydrogen-bond acceptors (Lipinski definition) is 2. The zero-order valence-electron chi connectivity index (χ0n) is 12.5. The van der Waals surface area contributed by atoms with E-state index in [0.717, 1.165) is 12.0 Å². The first kappa shape index (κ1) is 16.2. The van der Waals surface area contributed by atoms with Crippen LogP contribution in [0.2, 0.25) is 0 Å². The summed E-state index contributed by atoms with van der Waals surface area (Å²) in [6, 6.07) is 6.92. The van der Waals surface area contributed by atoms with Gasteiger partial charge in [-0.1, -0.05) is 45.4 Å². The summed E-state index contributed by atoms with van der Waals surface area (Å²) in [4.78, 5) is 0.332. The highest BCUT2D eigenvalue weighted by atomic mass is 32.2. The van der Waals surface area contributed by atoms with Gasteiger partial charge in [0.25, 0.3) is 0 Å². The Morgan fingerprint density at radius 1 is 1.16 bits per heavy atom. The molecule has 0 unspecified atom stereocenters. The summed E-state index contributed by atoms with van der Waals surface area (Å²) >= 11 is 0. The van der Waals surface area contributed by atoms with Gasteiger partial charge in [0.05, 0.1) is 4.90 Å². The van der Waals surface area contributed by atoms with E-state index in [2.05, 4.69) is 32.4 Å². The monoisotopic (exact) mass is 283 g/mol. The number of hydrogen-bond donors (Lipinski definition) is 1. The average molecular weight is 283 g/mol. The predicted octanol–water partition coefficient (Wildman–Crippen LogP) is 3.35. The van der Waals surface area contributed by atoms with Crippen LogP contribution in [0.5, 0.6) is 0 Å². The lowest BCUT2D eigenvalue weighted by atomic mass is 9.84. The maximum Gasteiger partial charge on any atom is 0.240 e. The molecule has 0 fully saturated rings. The van der Waals surface area contributed by atoms with Gasteiger partial charge in [-0.25, -0.2) is 13.1 Å². The van der Waals surface area contributed by atoms with Gasteiger partial charge in [-0.3, -0.25) is 0 Å². The minimum Gasteiger partial charge on any atom is -0.211 e. The van der Waals surface area contributed by atoms with Crippen molar-refractivity contribution in [3.63, 3.8) is 0 Å². The fourth-order valence-electron chi connectivity index (χ4n) is 2.27. The lowest BCUT2D eigenvalue weighted by Gasteiger charge is -2.26. The van der Waals surface area contributed by atoms with Crippen LogP contribution in [0.25, 0.3) is 0 Å². The summed E-state index contributed by atoms with van der Waals surface area (Å²) in [7, 11) is -3.40. The van der Waals surface area contributed by atoms with Crippen LogP contribution in [-0.2, 0) is 10.0 Å². The molecule has 0 aliphatic rings.